The highest BCUT2D eigenvalue weighted by atomic mass is 79.9. The molecule has 0 spiro atoms. The van der Waals surface area contributed by atoms with E-state index in [1.807, 2.05) is 6.07 Å². The van der Waals surface area contributed by atoms with Gasteiger partial charge in [0.1, 0.15) is 4.60 Å². The van der Waals surface area contributed by atoms with Crippen molar-refractivity contribution in [2.75, 3.05) is 0 Å². The second kappa shape index (κ2) is 3.86. The van der Waals surface area contributed by atoms with Gasteiger partial charge in [-0.1, -0.05) is 19.9 Å². The van der Waals surface area contributed by atoms with Gasteiger partial charge in [0.2, 0.25) is 0 Å². The summed E-state index contributed by atoms with van der Waals surface area (Å²) in [5, 5.41) is 0. The summed E-state index contributed by atoms with van der Waals surface area (Å²) in [5.41, 5.74) is 1.29. The lowest BCUT2D eigenvalue weighted by Gasteiger charge is -2.05. The topological polar surface area (TPSA) is 12.9 Å². The predicted octanol–water partition coefficient (Wildman–Crippen LogP) is 3.04. The van der Waals surface area contributed by atoms with Crippen LogP contribution in [0.25, 0.3) is 0 Å². The van der Waals surface area contributed by atoms with Gasteiger partial charge in [-0.25, -0.2) is 4.98 Å². The van der Waals surface area contributed by atoms with Gasteiger partial charge in [-0.2, -0.15) is 0 Å². The number of hydrogen-bond donors (Lipinski definition) is 0. The second-order valence-electron chi connectivity index (χ2n) is 3.05. The molecule has 1 nitrogen and oxygen atoms in total. The van der Waals surface area contributed by atoms with Crippen LogP contribution in [0.15, 0.2) is 22.9 Å². The van der Waals surface area contributed by atoms with Crippen LogP contribution >= 0.6 is 15.9 Å². The van der Waals surface area contributed by atoms with Crippen molar-refractivity contribution in [3.8, 4) is 0 Å². The minimum atomic E-state index is 0.690. The molecule has 0 bridgehead atoms. The molecule has 0 fully saturated rings. The third kappa shape index (κ3) is 2.62. The normalized spacial score (nSPS) is 10.5. The van der Waals surface area contributed by atoms with E-state index in [9.17, 15) is 0 Å². The largest absolute Gasteiger partial charge is 0.249 e. The lowest BCUT2D eigenvalue weighted by atomic mass is 10.1. The standard InChI is InChI=1S/C9H12BrN/c1-7(2)6-8-4-3-5-11-9(8)10/h3-5,7H,6H2,1-2H3. The summed E-state index contributed by atoms with van der Waals surface area (Å²) < 4.78 is 0.980. The minimum Gasteiger partial charge on any atom is -0.249 e. The molecule has 1 aromatic rings. The third-order valence-electron chi connectivity index (χ3n) is 1.46. The van der Waals surface area contributed by atoms with E-state index in [1.54, 1.807) is 6.20 Å². The summed E-state index contributed by atoms with van der Waals surface area (Å²) in [7, 11) is 0. The van der Waals surface area contributed by atoms with Crippen molar-refractivity contribution in [1.29, 1.82) is 0 Å². The number of aromatic nitrogens is 1. The van der Waals surface area contributed by atoms with Gasteiger partial charge in [0.15, 0.2) is 0 Å². The Hall–Kier alpha value is -0.370. The van der Waals surface area contributed by atoms with E-state index >= 15 is 0 Å². The zero-order valence-corrected chi connectivity index (χ0v) is 8.43. The molecule has 0 aromatic carbocycles. The molecule has 2 heteroatoms. The number of rotatable bonds is 2. The van der Waals surface area contributed by atoms with Gasteiger partial charge in [-0.3, -0.25) is 0 Å². The maximum atomic E-state index is 4.15. The van der Waals surface area contributed by atoms with Crippen LogP contribution in [0.3, 0.4) is 0 Å². The Labute approximate surface area is 76.0 Å². The van der Waals surface area contributed by atoms with E-state index in [0.717, 1.165) is 11.0 Å². The second-order valence-corrected chi connectivity index (χ2v) is 3.80. The number of halogens is 1. The maximum Gasteiger partial charge on any atom is 0.109 e. The Balaban J connectivity index is 2.78. The Morgan fingerprint density at radius 1 is 1.55 bits per heavy atom. The molecule has 0 aliphatic rings. The van der Waals surface area contributed by atoms with E-state index in [4.69, 9.17) is 0 Å². The Kier molecular flexibility index (Phi) is 3.06. The van der Waals surface area contributed by atoms with Crippen LogP contribution in [0.5, 0.6) is 0 Å². The highest BCUT2D eigenvalue weighted by molar-refractivity contribution is 9.10. The van der Waals surface area contributed by atoms with E-state index in [1.165, 1.54) is 5.56 Å². The molecule has 60 valence electrons. The summed E-state index contributed by atoms with van der Waals surface area (Å²) in [5.74, 6) is 0.690. The molecule has 0 amide bonds. The highest BCUT2D eigenvalue weighted by Gasteiger charge is 2.01. The molecule has 0 saturated carbocycles. The fourth-order valence-corrected chi connectivity index (χ4v) is 1.42. The van der Waals surface area contributed by atoms with Crippen molar-refractivity contribution in [2.45, 2.75) is 20.3 Å². The monoisotopic (exact) mass is 213 g/mol. The zero-order chi connectivity index (χ0) is 8.27. The summed E-state index contributed by atoms with van der Waals surface area (Å²) in [4.78, 5) is 4.15. The molecule has 0 radical (unpaired) electrons. The first-order valence-electron chi connectivity index (χ1n) is 3.79. The molecule has 1 heterocycles. The van der Waals surface area contributed by atoms with Gasteiger partial charge >= 0.3 is 0 Å². The van der Waals surface area contributed by atoms with Crippen LogP contribution in [0.1, 0.15) is 19.4 Å². The fraction of sp³-hybridized carbons (Fsp3) is 0.444. The molecule has 0 aliphatic heterocycles. The summed E-state index contributed by atoms with van der Waals surface area (Å²) in [6, 6.07) is 4.08. The van der Waals surface area contributed by atoms with Crippen LogP contribution in [0.4, 0.5) is 0 Å². The predicted molar refractivity (Wildman–Crippen MR) is 50.5 cm³/mol. The van der Waals surface area contributed by atoms with Gasteiger partial charge < -0.3 is 0 Å². The van der Waals surface area contributed by atoms with Crippen LogP contribution in [0, 0.1) is 5.92 Å². The van der Waals surface area contributed by atoms with E-state index in [-0.39, 0.29) is 0 Å². The first kappa shape index (κ1) is 8.72. The van der Waals surface area contributed by atoms with Crippen LogP contribution in [-0.4, -0.2) is 4.98 Å². The van der Waals surface area contributed by atoms with Crippen molar-refractivity contribution in [3.63, 3.8) is 0 Å². The third-order valence-corrected chi connectivity index (χ3v) is 2.18. The molecule has 11 heavy (non-hydrogen) atoms. The van der Waals surface area contributed by atoms with Gasteiger partial charge in [-0.15, -0.1) is 0 Å². The Bertz CT molecular complexity index is 233. The fourth-order valence-electron chi connectivity index (χ4n) is 1.01. The Morgan fingerprint density at radius 3 is 2.82 bits per heavy atom. The molecular formula is C9H12BrN. The summed E-state index contributed by atoms with van der Waals surface area (Å²) in [6.07, 6.45) is 2.89. The summed E-state index contributed by atoms with van der Waals surface area (Å²) in [6.45, 7) is 4.42. The molecule has 0 saturated heterocycles. The highest BCUT2D eigenvalue weighted by Crippen LogP contribution is 2.16. The first-order valence-corrected chi connectivity index (χ1v) is 4.59. The van der Waals surface area contributed by atoms with Crippen molar-refractivity contribution in [3.05, 3.63) is 28.5 Å². The van der Waals surface area contributed by atoms with Gasteiger partial charge in [0.25, 0.3) is 0 Å². The smallest absolute Gasteiger partial charge is 0.109 e. The lowest BCUT2D eigenvalue weighted by Crippen LogP contribution is -1.95. The van der Waals surface area contributed by atoms with Crippen LogP contribution < -0.4 is 0 Å². The molecule has 0 N–H and O–H groups in total. The van der Waals surface area contributed by atoms with Gasteiger partial charge in [0.05, 0.1) is 0 Å². The zero-order valence-electron chi connectivity index (χ0n) is 6.84. The molecule has 0 aliphatic carbocycles. The van der Waals surface area contributed by atoms with Gasteiger partial charge in [-0.05, 0) is 39.9 Å². The molecule has 0 atom stereocenters. The van der Waals surface area contributed by atoms with Crippen molar-refractivity contribution in [2.24, 2.45) is 5.92 Å². The van der Waals surface area contributed by atoms with Crippen molar-refractivity contribution < 1.29 is 0 Å². The molecular weight excluding hydrogens is 202 g/mol. The van der Waals surface area contributed by atoms with Crippen molar-refractivity contribution in [1.82, 2.24) is 4.98 Å². The minimum absolute atomic E-state index is 0.690. The maximum absolute atomic E-state index is 4.15. The molecule has 1 aromatic heterocycles. The van der Waals surface area contributed by atoms with E-state index in [0.29, 0.717) is 5.92 Å². The number of pyridine rings is 1. The van der Waals surface area contributed by atoms with Crippen molar-refractivity contribution >= 4 is 15.9 Å². The average Bonchev–Trinajstić information content (AvgIpc) is 1.93. The first-order chi connectivity index (χ1) is 5.20. The summed E-state index contributed by atoms with van der Waals surface area (Å²) >= 11 is 3.41. The molecule has 0 unspecified atom stereocenters. The van der Waals surface area contributed by atoms with E-state index in [2.05, 4.69) is 40.8 Å². The Morgan fingerprint density at radius 2 is 2.27 bits per heavy atom. The number of hydrogen-bond acceptors (Lipinski definition) is 1. The molecule has 1 rings (SSSR count). The lowest BCUT2D eigenvalue weighted by molar-refractivity contribution is 0.643. The SMILES string of the molecule is CC(C)Cc1cccnc1Br. The number of nitrogens with zero attached hydrogens (tertiary/aromatic N) is 1. The quantitative estimate of drug-likeness (QED) is 0.689. The van der Waals surface area contributed by atoms with Gasteiger partial charge in [0, 0.05) is 6.20 Å². The van der Waals surface area contributed by atoms with Crippen LogP contribution in [-0.2, 0) is 6.42 Å². The average molecular weight is 214 g/mol. The van der Waals surface area contributed by atoms with E-state index < -0.39 is 0 Å². The van der Waals surface area contributed by atoms with Crippen LogP contribution in [0.2, 0.25) is 0 Å².